The monoisotopic (exact) mass is 251 g/mol. The largest absolute Gasteiger partial charge is 0.439 e. The number of ether oxygens (including phenoxy) is 1. The Labute approximate surface area is 101 Å². The smallest absolute Gasteiger partial charge is 0.405 e. The Morgan fingerprint density at radius 2 is 2.28 bits per heavy atom. The van der Waals surface area contributed by atoms with Gasteiger partial charge in [-0.3, -0.25) is 0 Å². The van der Waals surface area contributed by atoms with E-state index in [-0.39, 0.29) is 12.1 Å². The van der Waals surface area contributed by atoms with Crippen LogP contribution in [0.2, 0.25) is 0 Å². The minimum absolute atomic E-state index is 0.0316. The number of aromatic nitrogens is 4. The highest BCUT2D eigenvalue weighted by molar-refractivity contribution is 5.65. The van der Waals surface area contributed by atoms with Gasteiger partial charge in [-0.25, -0.2) is 9.18 Å². The average molecular weight is 251 g/mol. The molecule has 2 rings (SSSR count). The van der Waals surface area contributed by atoms with Crippen LogP contribution in [0.1, 0.15) is 11.7 Å². The number of nitrogens with zero attached hydrogens (tertiary/aromatic N) is 4. The molecule has 8 heteroatoms. The van der Waals surface area contributed by atoms with E-state index in [4.69, 9.17) is 10.5 Å². The summed E-state index contributed by atoms with van der Waals surface area (Å²) in [4.78, 5) is 12.0. The second-order valence-electron chi connectivity index (χ2n) is 3.44. The van der Waals surface area contributed by atoms with Crippen LogP contribution in [0.25, 0.3) is 0 Å². The second kappa shape index (κ2) is 5.21. The molecular formula is C10H10FN5O2. The maximum atomic E-state index is 13.6. The molecule has 0 bridgehead atoms. The van der Waals surface area contributed by atoms with Crippen molar-refractivity contribution in [2.24, 2.45) is 5.73 Å². The van der Waals surface area contributed by atoms with E-state index in [0.29, 0.717) is 0 Å². The summed E-state index contributed by atoms with van der Waals surface area (Å²) in [5.74, 6) is -0.496. The molecule has 2 N–H and O–H groups in total. The predicted molar refractivity (Wildman–Crippen MR) is 57.6 cm³/mol. The lowest BCUT2D eigenvalue weighted by molar-refractivity contribution is 0.0879. The average Bonchev–Trinajstić information content (AvgIpc) is 2.81. The van der Waals surface area contributed by atoms with E-state index in [1.165, 1.54) is 29.3 Å². The van der Waals surface area contributed by atoms with Gasteiger partial charge in [0.2, 0.25) is 0 Å². The number of benzene rings is 1. The molecule has 0 aliphatic rings. The molecule has 1 heterocycles. The molecule has 7 nitrogen and oxygen atoms in total. The van der Waals surface area contributed by atoms with Crippen LogP contribution in [-0.4, -0.2) is 26.3 Å². The van der Waals surface area contributed by atoms with Gasteiger partial charge in [0.15, 0.2) is 12.4 Å². The Bertz CT molecular complexity index is 531. The number of carbonyl (C=O) groups excluding carboxylic acids is 1. The Morgan fingerprint density at radius 1 is 1.50 bits per heavy atom. The Balaban J connectivity index is 2.25. The standard InChI is InChI=1S/C10H10FN5O2/c11-8-4-2-1-3-7(8)9(18-10(12)17)5-16-14-6-13-15-16/h1-4,6,9H,5H2,(H2,12,17). The number of rotatable bonds is 4. The fourth-order valence-electron chi connectivity index (χ4n) is 1.50. The summed E-state index contributed by atoms with van der Waals surface area (Å²) in [5.41, 5.74) is 5.16. The molecule has 2 aromatic rings. The number of amides is 1. The van der Waals surface area contributed by atoms with Crippen molar-refractivity contribution in [1.29, 1.82) is 0 Å². The summed E-state index contributed by atoms with van der Waals surface area (Å²) in [7, 11) is 0. The van der Waals surface area contributed by atoms with Crippen LogP contribution in [0.3, 0.4) is 0 Å². The number of nitrogens with two attached hydrogens (primary N) is 1. The van der Waals surface area contributed by atoms with Gasteiger partial charge in [-0.1, -0.05) is 18.2 Å². The molecule has 0 spiro atoms. The van der Waals surface area contributed by atoms with Crippen molar-refractivity contribution >= 4 is 6.09 Å². The number of halogens is 1. The van der Waals surface area contributed by atoms with Crippen LogP contribution < -0.4 is 5.73 Å². The summed E-state index contributed by atoms with van der Waals surface area (Å²) in [6, 6.07) is 5.93. The fourth-order valence-corrected chi connectivity index (χ4v) is 1.50. The highest BCUT2D eigenvalue weighted by Crippen LogP contribution is 2.21. The van der Waals surface area contributed by atoms with E-state index in [0.717, 1.165) is 0 Å². The maximum Gasteiger partial charge on any atom is 0.405 e. The van der Waals surface area contributed by atoms with Gasteiger partial charge < -0.3 is 10.5 Å². The normalized spacial score (nSPS) is 12.1. The fraction of sp³-hybridized carbons (Fsp3) is 0.200. The minimum atomic E-state index is -0.997. The third-order valence-electron chi connectivity index (χ3n) is 2.23. The van der Waals surface area contributed by atoms with Gasteiger partial charge >= 0.3 is 6.09 Å². The SMILES string of the molecule is NC(=O)OC(Cn1ncnn1)c1ccccc1F. The van der Waals surface area contributed by atoms with Crippen LogP contribution in [0.15, 0.2) is 30.6 Å². The summed E-state index contributed by atoms with van der Waals surface area (Å²) in [6.45, 7) is 0.0316. The van der Waals surface area contributed by atoms with Gasteiger partial charge in [0, 0.05) is 5.56 Å². The molecular weight excluding hydrogens is 241 g/mol. The molecule has 94 valence electrons. The van der Waals surface area contributed by atoms with Crippen molar-refractivity contribution in [2.75, 3.05) is 0 Å². The highest BCUT2D eigenvalue weighted by atomic mass is 19.1. The summed E-state index contributed by atoms with van der Waals surface area (Å²) in [5, 5.41) is 10.9. The van der Waals surface area contributed by atoms with E-state index >= 15 is 0 Å². The van der Waals surface area contributed by atoms with Crippen molar-refractivity contribution in [3.05, 3.63) is 42.0 Å². The van der Waals surface area contributed by atoms with Crippen molar-refractivity contribution in [3.63, 3.8) is 0 Å². The van der Waals surface area contributed by atoms with Gasteiger partial charge in [0.05, 0.1) is 0 Å². The van der Waals surface area contributed by atoms with E-state index < -0.39 is 18.0 Å². The number of tetrazole rings is 1. The van der Waals surface area contributed by atoms with Crippen molar-refractivity contribution in [1.82, 2.24) is 20.2 Å². The predicted octanol–water partition coefficient (Wildman–Crippen LogP) is 0.649. The number of hydrogen-bond donors (Lipinski definition) is 1. The number of carbonyl (C=O) groups is 1. The zero-order chi connectivity index (χ0) is 13.0. The van der Waals surface area contributed by atoms with Gasteiger partial charge in [0.25, 0.3) is 0 Å². The maximum absolute atomic E-state index is 13.6. The lowest BCUT2D eigenvalue weighted by Crippen LogP contribution is -2.22. The highest BCUT2D eigenvalue weighted by Gasteiger charge is 2.20. The first-order valence-corrected chi connectivity index (χ1v) is 5.08. The van der Waals surface area contributed by atoms with E-state index in [9.17, 15) is 9.18 Å². The van der Waals surface area contributed by atoms with Crippen molar-refractivity contribution < 1.29 is 13.9 Å². The van der Waals surface area contributed by atoms with Crippen molar-refractivity contribution in [2.45, 2.75) is 12.6 Å². The van der Waals surface area contributed by atoms with Gasteiger partial charge in [0.1, 0.15) is 12.4 Å². The molecule has 0 radical (unpaired) electrons. The van der Waals surface area contributed by atoms with E-state index in [2.05, 4.69) is 15.4 Å². The zero-order valence-corrected chi connectivity index (χ0v) is 9.23. The first-order valence-electron chi connectivity index (χ1n) is 5.08. The zero-order valence-electron chi connectivity index (χ0n) is 9.23. The van der Waals surface area contributed by atoms with Crippen LogP contribution in [-0.2, 0) is 11.3 Å². The lowest BCUT2D eigenvalue weighted by atomic mass is 10.1. The summed E-state index contributed by atoms with van der Waals surface area (Å²) >= 11 is 0. The van der Waals surface area contributed by atoms with Crippen LogP contribution in [0.5, 0.6) is 0 Å². The molecule has 1 aromatic carbocycles. The molecule has 18 heavy (non-hydrogen) atoms. The van der Waals surface area contributed by atoms with Gasteiger partial charge in [-0.2, -0.15) is 4.80 Å². The third kappa shape index (κ3) is 2.78. The van der Waals surface area contributed by atoms with Crippen LogP contribution >= 0.6 is 0 Å². The van der Waals surface area contributed by atoms with Crippen molar-refractivity contribution in [3.8, 4) is 0 Å². The first kappa shape index (κ1) is 12.0. The van der Waals surface area contributed by atoms with Gasteiger partial charge in [-0.15, -0.1) is 10.2 Å². The first-order chi connectivity index (χ1) is 8.66. The minimum Gasteiger partial charge on any atom is -0.439 e. The molecule has 1 unspecified atom stereocenters. The van der Waals surface area contributed by atoms with Crippen LogP contribution in [0.4, 0.5) is 9.18 Å². The summed E-state index contributed by atoms with van der Waals surface area (Å²) in [6.07, 6.45) is -0.677. The molecule has 1 amide bonds. The molecule has 1 atom stereocenters. The third-order valence-corrected chi connectivity index (χ3v) is 2.23. The van der Waals surface area contributed by atoms with Gasteiger partial charge in [-0.05, 0) is 11.3 Å². The molecule has 0 aliphatic carbocycles. The molecule has 0 saturated carbocycles. The van der Waals surface area contributed by atoms with E-state index in [1.807, 2.05) is 0 Å². The second-order valence-corrected chi connectivity index (χ2v) is 3.44. The Morgan fingerprint density at radius 3 is 2.89 bits per heavy atom. The molecule has 0 aliphatic heterocycles. The Hall–Kier alpha value is -2.51. The van der Waals surface area contributed by atoms with Crippen LogP contribution in [0, 0.1) is 5.82 Å². The lowest BCUT2D eigenvalue weighted by Gasteiger charge is -2.16. The van der Waals surface area contributed by atoms with E-state index in [1.54, 1.807) is 6.07 Å². The molecule has 0 fully saturated rings. The topological polar surface area (TPSA) is 95.9 Å². The molecule has 0 saturated heterocycles. The summed E-state index contributed by atoms with van der Waals surface area (Å²) < 4.78 is 18.5. The quantitative estimate of drug-likeness (QED) is 0.860. The number of primary amides is 1. The number of hydrogen-bond acceptors (Lipinski definition) is 5. The Kier molecular flexibility index (Phi) is 3.46. The molecule has 1 aromatic heterocycles.